The summed E-state index contributed by atoms with van der Waals surface area (Å²) in [4.78, 5) is 12.0. The molecular formula is C7H5BrN4. The van der Waals surface area contributed by atoms with Crippen molar-refractivity contribution in [3.05, 3.63) is 35.7 Å². The van der Waals surface area contributed by atoms with E-state index >= 15 is 0 Å². The number of hydrogen-bond acceptors (Lipinski definition) is 3. The van der Waals surface area contributed by atoms with Crippen LogP contribution in [0.1, 0.15) is 0 Å². The highest BCUT2D eigenvalue weighted by atomic mass is 79.9. The molecule has 0 amide bonds. The lowest BCUT2D eigenvalue weighted by Crippen LogP contribution is -1.94. The van der Waals surface area contributed by atoms with E-state index in [1.807, 2.05) is 16.8 Å². The van der Waals surface area contributed by atoms with Gasteiger partial charge in [0.25, 0.3) is 0 Å². The highest BCUT2D eigenvalue weighted by Gasteiger charge is 1.96. The van der Waals surface area contributed by atoms with Crippen molar-refractivity contribution in [2.24, 2.45) is 0 Å². The quantitative estimate of drug-likeness (QED) is 0.689. The number of halogens is 1. The Kier molecular flexibility index (Phi) is 1.87. The zero-order valence-corrected chi connectivity index (χ0v) is 7.64. The van der Waals surface area contributed by atoms with E-state index in [9.17, 15) is 0 Å². The van der Waals surface area contributed by atoms with Crippen LogP contribution in [0.15, 0.2) is 35.7 Å². The van der Waals surface area contributed by atoms with Crippen molar-refractivity contribution in [1.82, 2.24) is 19.5 Å². The monoisotopic (exact) mass is 224 g/mol. The fourth-order valence-corrected chi connectivity index (χ4v) is 1.16. The molecule has 0 aliphatic heterocycles. The van der Waals surface area contributed by atoms with Crippen molar-refractivity contribution in [1.29, 1.82) is 0 Å². The Morgan fingerprint density at radius 2 is 2.25 bits per heavy atom. The van der Waals surface area contributed by atoms with Crippen molar-refractivity contribution in [3.63, 3.8) is 0 Å². The molecule has 0 bridgehead atoms. The van der Waals surface area contributed by atoms with Gasteiger partial charge in [-0.1, -0.05) is 0 Å². The smallest absolute Gasteiger partial charge is 0.198 e. The first-order chi connectivity index (χ1) is 5.86. The Hall–Kier alpha value is -1.23. The summed E-state index contributed by atoms with van der Waals surface area (Å²) in [5.41, 5.74) is 0. The third-order valence-electron chi connectivity index (χ3n) is 1.38. The Morgan fingerprint density at radius 3 is 2.92 bits per heavy atom. The van der Waals surface area contributed by atoms with E-state index in [0.29, 0.717) is 4.73 Å². The van der Waals surface area contributed by atoms with Crippen LogP contribution in [0.25, 0.3) is 5.82 Å². The Balaban J connectivity index is 2.48. The molecule has 0 radical (unpaired) electrons. The van der Waals surface area contributed by atoms with Crippen LogP contribution >= 0.6 is 15.9 Å². The van der Waals surface area contributed by atoms with Gasteiger partial charge in [-0.05, 0) is 22.0 Å². The van der Waals surface area contributed by atoms with Crippen LogP contribution in [-0.4, -0.2) is 19.5 Å². The summed E-state index contributed by atoms with van der Waals surface area (Å²) in [5, 5.41) is 0. The summed E-state index contributed by atoms with van der Waals surface area (Å²) >= 11 is 3.19. The first kappa shape index (κ1) is 7.42. The lowest BCUT2D eigenvalue weighted by Gasteiger charge is -1.98. The van der Waals surface area contributed by atoms with Crippen LogP contribution in [0.2, 0.25) is 0 Å². The first-order valence-electron chi connectivity index (χ1n) is 3.33. The molecule has 2 rings (SSSR count). The van der Waals surface area contributed by atoms with E-state index in [1.54, 1.807) is 18.7 Å². The Morgan fingerprint density at radius 1 is 1.33 bits per heavy atom. The van der Waals surface area contributed by atoms with Gasteiger partial charge in [-0.2, -0.15) is 0 Å². The molecule has 2 aromatic heterocycles. The lowest BCUT2D eigenvalue weighted by atomic mass is 10.6. The molecule has 0 N–H and O–H groups in total. The number of hydrogen-bond donors (Lipinski definition) is 0. The van der Waals surface area contributed by atoms with E-state index in [2.05, 4.69) is 30.9 Å². The zero-order valence-electron chi connectivity index (χ0n) is 6.05. The van der Waals surface area contributed by atoms with E-state index in [4.69, 9.17) is 0 Å². The second-order valence-corrected chi connectivity index (χ2v) is 2.86. The van der Waals surface area contributed by atoms with E-state index < -0.39 is 0 Å². The van der Waals surface area contributed by atoms with Gasteiger partial charge in [0.2, 0.25) is 0 Å². The summed E-state index contributed by atoms with van der Waals surface area (Å²) in [6, 6.07) is 1.81. The third-order valence-corrected chi connectivity index (χ3v) is 1.76. The second-order valence-electron chi connectivity index (χ2n) is 2.15. The van der Waals surface area contributed by atoms with Crippen molar-refractivity contribution >= 4 is 15.9 Å². The van der Waals surface area contributed by atoms with Crippen molar-refractivity contribution in [2.75, 3.05) is 0 Å². The summed E-state index contributed by atoms with van der Waals surface area (Å²) in [7, 11) is 0. The largest absolute Gasteiger partial charge is 0.290 e. The maximum atomic E-state index is 4.14. The zero-order chi connectivity index (χ0) is 8.39. The minimum Gasteiger partial charge on any atom is -0.290 e. The van der Waals surface area contributed by atoms with Gasteiger partial charge < -0.3 is 0 Å². The van der Waals surface area contributed by atoms with E-state index in [0.717, 1.165) is 5.82 Å². The standard InChI is InChI=1S/C7H5BrN4/c8-7-10-2-1-6(11-7)12-4-3-9-5-12/h1-5H. The molecule has 0 aliphatic carbocycles. The highest BCUT2D eigenvalue weighted by molar-refractivity contribution is 9.10. The second kappa shape index (κ2) is 3.02. The average molecular weight is 225 g/mol. The molecule has 2 heterocycles. The summed E-state index contributed by atoms with van der Waals surface area (Å²) < 4.78 is 2.39. The number of aromatic nitrogens is 4. The van der Waals surface area contributed by atoms with Crippen LogP contribution < -0.4 is 0 Å². The lowest BCUT2D eigenvalue weighted by molar-refractivity contribution is 0.954. The number of nitrogens with zero attached hydrogens (tertiary/aromatic N) is 4. The average Bonchev–Trinajstić information content (AvgIpc) is 2.56. The van der Waals surface area contributed by atoms with Gasteiger partial charge in [0.1, 0.15) is 12.1 Å². The molecule has 2 aromatic rings. The van der Waals surface area contributed by atoms with Gasteiger partial charge in [0.15, 0.2) is 4.73 Å². The van der Waals surface area contributed by atoms with Crippen LogP contribution in [0.3, 0.4) is 0 Å². The molecule has 5 heteroatoms. The molecule has 0 fully saturated rings. The van der Waals surface area contributed by atoms with Crippen LogP contribution in [-0.2, 0) is 0 Å². The highest BCUT2D eigenvalue weighted by Crippen LogP contribution is 2.06. The Bertz CT molecular complexity index is 371. The number of imidazole rings is 1. The van der Waals surface area contributed by atoms with Gasteiger partial charge in [-0.3, -0.25) is 4.57 Å². The molecule has 0 aliphatic rings. The van der Waals surface area contributed by atoms with Crippen molar-refractivity contribution in [3.8, 4) is 5.82 Å². The first-order valence-corrected chi connectivity index (χ1v) is 4.12. The van der Waals surface area contributed by atoms with E-state index in [1.165, 1.54) is 0 Å². The van der Waals surface area contributed by atoms with Gasteiger partial charge in [0.05, 0.1) is 0 Å². The molecule has 0 aromatic carbocycles. The van der Waals surface area contributed by atoms with E-state index in [-0.39, 0.29) is 0 Å². The molecule has 4 nitrogen and oxygen atoms in total. The molecule has 0 saturated heterocycles. The predicted octanol–water partition coefficient (Wildman–Crippen LogP) is 1.42. The van der Waals surface area contributed by atoms with Crippen LogP contribution in [0, 0.1) is 0 Å². The topological polar surface area (TPSA) is 43.6 Å². The summed E-state index contributed by atoms with van der Waals surface area (Å²) in [6.45, 7) is 0. The minimum atomic E-state index is 0.578. The fraction of sp³-hybridized carbons (Fsp3) is 0. The molecular weight excluding hydrogens is 220 g/mol. The maximum Gasteiger partial charge on any atom is 0.198 e. The van der Waals surface area contributed by atoms with Gasteiger partial charge in [0, 0.05) is 18.6 Å². The summed E-state index contributed by atoms with van der Waals surface area (Å²) in [5.74, 6) is 0.800. The molecule has 60 valence electrons. The Labute approximate surface area is 77.4 Å². The SMILES string of the molecule is Brc1nccc(-n2ccnc2)n1. The predicted molar refractivity (Wildman–Crippen MR) is 46.9 cm³/mol. The molecule has 0 atom stereocenters. The number of rotatable bonds is 1. The van der Waals surface area contributed by atoms with Gasteiger partial charge in [-0.25, -0.2) is 15.0 Å². The third kappa shape index (κ3) is 1.35. The molecule has 0 spiro atoms. The van der Waals surface area contributed by atoms with Crippen molar-refractivity contribution < 1.29 is 0 Å². The fourth-order valence-electron chi connectivity index (χ4n) is 0.865. The normalized spacial score (nSPS) is 10.1. The summed E-state index contributed by atoms with van der Waals surface area (Å²) in [6.07, 6.45) is 6.91. The minimum absolute atomic E-state index is 0.578. The molecule has 12 heavy (non-hydrogen) atoms. The van der Waals surface area contributed by atoms with Crippen LogP contribution in [0.4, 0.5) is 0 Å². The maximum absolute atomic E-state index is 4.14. The van der Waals surface area contributed by atoms with Crippen LogP contribution in [0.5, 0.6) is 0 Å². The molecule has 0 unspecified atom stereocenters. The van der Waals surface area contributed by atoms with Gasteiger partial charge >= 0.3 is 0 Å². The van der Waals surface area contributed by atoms with Gasteiger partial charge in [-0.15, -0.1) is 0 Å². The van der Waals surface area contributed by atoms with Crippen molar-refractivity contribution in [2.45, 2.75) is 0 Å². The molecule has 0 saturated carbocycles.